The van der Waals surface area contributed by atoms with E-state index in [9.17, 15) is 10.1 Å². The molecular formula is C17H13N3O3. The number of benzene rings is 2. The van der Waals surface area contributed by atoms with Crippen LogP contribution in [0.4, 0.5) is 5.69 Å². The lowest BCUT2D eigenvalue weighted by Crippen LogP contribution is -2.19. The van der Waals surface area contributed by atoms with Crippen molar-refractivity contribution in [2.45, 2.75) is 0 Å². The van der Waals surface area contributed by atoms with Crippen LogP contribution in [0.25, 0.3) is 21.9 Å². The fraction of sp³-hybridized carbons (Fsp3) is 0.118. The molecule has 0 fully saturated rings. The van der Waals surface area contributed by atoms with Crippen LogP contribution in [0.1, 0.15) is 5.76 Å². The van der Waals surface area contributed by atoms with Crippen LogP contribution < -0.4 is 5.32 Å². The van der Waals surface area contributed by atoms with Crippen molar-refractivity contribution in [1.82, 2.24) is 5.32 Å². The summed E-state index contributed by atoms with van der Waals surface area (Å²) in [4.78, 5) is 15.1. The molecule has 2 aromatic carbocycles. The Labute approximate surface area is 131 Å². The minimum Gasteiger partial charge on any atom is -0.460 e. The second kappa shape index (κ2) is 5.24. The van der Waals surface area contributed by atoms with E-state index in [-0.39, 0.29) is 10.6 Å². The molecular weight excluding hydrogens is 294 g/mol. The number of nitrogens with one attached hydrogen (secondary N) is 1. The predicted octanol–water partition coefficient (Wildman–Crippen LogP) is 3.36. The highest BCUT2D eigenvalue weighted by atomic mass is 16.6. The normalized spacial score (nSPS) is 13.8. The Balaban J connectivity index is 1.95. The van der Waals surface area contributed by atoms with Gasteiger partial charge in [-0.2, -0.15) is 0 Å². The number of non-ortho nitro benzene ring substituents is 1. The monoisotopic (exact) mass is 307 g/mol. The van der Waals surface area contributed by atoms with Gasteiger partial charge in [-0.05, 0) is 11.1 Å². The Morgan fingerprint density at radius 3 is 2.87 bits per heavy atom. The third kappa shape index (κ3) is 2.24. The Hall–Kier alpha value is -3.15. The van der Waals surface area contributed by atoms with Crippen molar-refractivity contribution >= 4 is 22.3 Å². The van der Waals surface area contributed by atoms with Gasteiger partial charge in [-0.25, -0.2) is 0 Å². The molecule has 1 N–H and O–H groups in total. The third-order valence-corrected chi connectivity index (χ3v) is 3.88. The molecule has 0 spiro atoms. The number of hydrogen-bond acceptors (Lipinski definition) is 5. The Bertz CT molecular complexity index is 943. The maximum Gasteiger partial charge on any atom is 0.270 e. The van der Waals surface area contributed by atoms with E-state index < -0.39 is 0 Å². The first-order valence-corrected chi connectivity index (χ1v) is 7.28. The molecule has 114 valence electrons. The van der Waals surface area contributed by atoms with Gasteiger partial charge in [-0.15, -0.1) is 0 Å². The molecule has 3 aromatic rings. The number of nitro groups is 1. The highest BCUT2D eigenvalue weighted by Crippen LogP contribution is 2.34. The van der Waals surface area contributed by atoms with Gasteiger partial charge in [0.25, 0.3) is 5.69 Å². The lowest BCUT2D eigenvalue weighted by molar-refractivity contribution is -0.384. The van der Waals surface area contributed by atoms with Crippen LogP contribution in [0.5, 0.6) is 0 Å². The molecule has 0 aliphatic carbocycles. The van der Waals surface area contributed by atoms with E-state index in [2.05, 4.69) is 10.3 Å². The quantitative estimate of drug-likeness (QED) is 0.594. The molecule has 1 aliphatic rings. The van der Waals surface area contributed by atoms with Crippen molar-refractivity contribution < 1.29 is 9.34 Å². The van der Waals surface area contributed by atoms with Crippen LogP contribution in [0.15, 0.2) is 58.1 Å². The SMILES string of the molecule is O=[N+]([O-])c1cccc(-c2cccc3coc(C4=NCCN4)c23)c1. The number of furan rings is 1. The van der Waals surface area contributed by atoms with Gasteiger partial charge in [0.05, 0.1) is 17.7 Å². The van der Waals surface area contributed by atoms with Gasteiger partial charge >= 0.3 is 0 Å². The van der Waals surface area contributed by atoms with Gasteiger partial charge in [0.1, 0.15) is 0 Å². The van der Waals surface area contributed by atoms with Crippen molar-refractivity contribution in [2.75, 3.05) is 13.1 Å². The van der Waals surface area contributed by atoms with E-state index in [1.165, 1.54) is 6.07 Å². The van der Waals surface area contributed by atoms with Crippen LogP contribution in [0.3, 0.4) is 0 Å². The minimum absolute atomic E-state index is 0.0703. The van der Waals surface area contributed by atoms with Crippen LogP contribution in [-0.2, 0) is 0 Å². The summed E-state index contributed by atoms with van der Waals surface area (Å²) in [6, 6.07) is 12.4. The van der Waals surface area contributed by atoms with Crippen LogP contribution in [0.2, 0.25) is 0 Å². The van der Waals surface area contributed by atoms with Crippen molar-refractivity contribution in [1.29, 1.82) is 0 Å². The van der Waals surface area contributed by atoms with Crippen molar-refractivity contribution in [3.63, 3.8) is 0 Å². The first kappa shape index (κ1) is 13.5. The predicted molar refractivity (Wildman–Crippen MR) is 87.7 cm³/mol. The van der Waals surface area contributed by atoms with Crippen molar-refractivity contribution in [2.24, 2.45) is 4.99 Å². The number of hydrogen-bond donors (Lipinski definition) is 1. The zero-order valence-electron chi connectivity index (χ0n) is 12.2. The lowest BCUT2D eigenvalue weighted by Gasteiger charge is -2.06. The summed E-state index contributed by atoms with van der Waals surface area (Å²) in [5.41, 5.74) is 1.75. The fourth-order valence-corrected chi connectivity index (χ4v) is 2.85. The average Bonchev–Trinajstić information content (AvgIpc) is 3.23. The van der Waals surface area contributed by atoms with Crippen LogP contribution in [-0.4, -0.2) is 23.8 Å². The summed E-state index contributed by atoms with van der Waals surface area (Å²) in [5, 5.41) is 16.1. The van der Waals surface area contributed by atoms with Gasteiger partial charge in [-0.1, -0.05) is 30.3 Å². The molecule has 1 aliphatic heterocycles. The maximum atomic E-state index is 11.0. The maximum absolute atomic E-state index is 11.0. The van der Waals surface area contributed by atoms with Crippen molar-refractivity contribution in [3.8, 4) is 11.1 Å². The third-order valence-electron chi connectivity index (χ3n) is 3.88. The molecule has 23 heavy (non-hydrogen) atoms. The number of aliphatic imine (C=N–C) groups is 1. The molecule has 2 heterocycles. The van der Waals surface area contributed by atoms with Crippen LogP contribution in [0, 0.1) is 10.1 Å². The summed E-state index contributed by atoms with van der Waals surface area (Å²) >= 11 is 0. The zero-order chi connectivity index (χ0) is 15.8. The first-order chi connectivity index (χ1) is 11.2. The van der Waals surface area contributed by atoms with Gasteiger partial charge < -0.3 is 9.73 Å². The smallest absolute Gasteiger partial charge is 0.270 e. The molecule has 0 saturated heterocycles. The summed E-state index contributed by atoms with van der Waals surface area (Å²) in [5.74, 6) is 1.41. The van der Waals surface area contributed by atoms with E-state index in [0.717, 1.165) is 40.8 Å². The van der Waals surface area contributed by atoms with Gasteiger partial charge in [0.2, 0.25) is 0 Å². The van der Waals surface area contributed by atoms with Gasteiger partial charge in [-0.3, -0.25) is 15.1 Å². The molecule has 6 heteroatoms. The van der Waals surface area contributed by atoms with E-state index in [0.29, 0.717) is 5.76 Å². The second-order valence-corrected chi connectivity index (χ2v) is 5.30. The molecule has 4 rings (SSSR count). The molecule has 0 atom stereocenters. The number of nitrogens with zero attached hydrogens (tertiary/aromatic N) is 2. The molecule has 0 radical (unpaired) electrons. The number of nitro benzene ring substituents is 1. The lowest BCUT2D eigenvalue weighted by atomic mass is 9.98. The molecule has 0 bridgehead atoms. The summed E-state index contributed by atoms with van der Waals surface area (Å²) in [7, 11) is 0. The molecule has 6 nitrogen and oxygen atoms in total. The standard InChI is InChI=1S/C17H13N3O3/c21-20(22)13-5-1-3-11(9-13)14-6-2-4-12-10-23-16(15(12)14)17-18-7-8-19-17/h1-6,9-10H,7-8H2,(H,18,19). The Morgan fingerprint density at radius 1 is 1.22 bits per heavy atom. The molecule has 0 unspecified atom stereocenters. The summed E-state index contributed by atoms with van der Waals surface area (Å²) < 4.78 is 5.71. The summed E-state index contributed by atoms with van der Waals surface area (Å²) in [6.45, 7) is 1.51. The van der Waals surface area contributed by atoms with E-state index >= 15 is 0 Å². The second-order valence-electron chi connectivity index (χ2n) is 5.30. The van der Waals surface area contributed by atoms with Gasteiger partial charge in [0.15, 0.2) is 11.6 Å². The summed E-state index contributed by atoms with van der Waals surface area (Å²) in [6.07, 6.45) is 1.69. The molecule has 0 amide bonds. The van der Waals surface area contributed by atoms with Crippen LogP contribution >= 0.6 is 0 Å². The highest BCUT2D eigenvalue weighted by Gasteiger charge is 2.19. The van der Waals surface area contributed by atoms with Crippen molar-refractivity contribution in [3.05, 3.63) is 64.6 Å². The zero-order valence-corrected chi connectivity index (χ0v) is 12.2. The minimum atomic E-state index is -0.386. The largest absolute Gasteiger partial charge is 0.460 e. The number of amidine groups is 1. The highest BCUT2D eigenvalue weighted by molar-refractivity contribution is 6.13. The Kier molecular flexibility index (Phi) is 3.08. The molecule has 1 aromatic heterocycles. The molecule has 0 saturated carbocycles. The topological polar surface area (TPSA) is 80.7 Å². The average molecular weight is 307 g/mol. The van der Waals surface area contributed by atoms with E-state index in [1.807, 2.05) is 24.3 Å². The Morgan fingerprint density at radius 2 is 2.09 bits per heavy atom. The first-order valence-electron chi connectivity index (χ1n) is 7.28. The van der Waals surface area contributed by atoms with E-state index in [1.54, 1.807) is 18.4 Å². The number of fused-ring (bicyclic) bond motifs is 1. The fourth-order valence-electron chi connectivity index (χ4n) is 2.85. The van der Waals surface area contributed by atoms with E-state index in [4.69, 9.17) is 4.42 Å². The number of rotatable bonds is 3. The van der Waals surface area contributed by atoms with Gasteiger partial charge in [0, 0.05) is 29.4 Å².